The van der Waals surface area contributed by atoms with Crippen LogP contribution in [-0.4, -0.2) is 22.3 Å². The van der Waals surface area contributed by atoms with Crippen LogP contribution in [0.5, 0.6) is 11.5 Å². The first kappa shape index (κ1) is 18.4. The molecule has 3 fully saturated rings. The maximum atomic E-state index is 12.4. The largest absolute Gasteiger partial charge is 0.504 e. The van der Waals surface area contributed by atoms with E-state index in [2.05, 4.69) is 20.8 Å². The molecule has 0 saturated heterocycles. The van der Waals surface area contributed by atoms with Gasteiger partial charge < -0.3 is 14.9 Å². The van der Waals surface area contributed by atoms with Crippen molar-refractivity contribution in [1.82, 2.24) is 0 Å². The summed E-state index contributed by atoms with van der Waals surface area (Å²) in [5.74, 6) is -0.229. The van der Waals surface area contributed by atoms with E-state index in [-0.39, 0.29) is 29.0 Å². The fraction of sp³-hybridized carbons (Fsp3) is 0.609. The summed E-state index contributed by atoms with van der Waals surface area (Å²) < 4.78 is 5.93. The predicted octanol–water partition coefficient (Wildman–Crippen LogP) is 5.04. The Morgan fingerprint density at radius 1 is 1.15 bits per heavy atom. The van der Waals surface area contributed by atoms with Crippen LogP contribution in [0.3, 0.4) is 0 Å². The summed E-state index contributed by atoms with van der Waals surface area (Å²) in [7, 11) is 0. The average Bonchev–Trinajstić information content (AvgIpc) is 3.03. The van der Waals surface area contributed by atoms with E-state index < -0.39 is 0 Å². The molecule has 4 atom stereocenters. The highest BCUT2D eigenvalue weighted by Gasteiger charge is 2.71. The second kappa shape index (κ2) is 6.02. The highest BCUT2D eigenvalue weighted by molar-refractivity contribution is 5.87. The van der Waals surface area contributed by atoms with Gasteiger partial charge in [0.2, 0.25) is 0 Å². The lowest BCUT2D eigenvalue weighted by Crippen LogP contribution is -2.48. The molecular weight excluding hydrogens is 340 g/mol. The standard InChI is InChI=1S/C23H30O4/c1-21(2)10-4-11-22(3)16-9-12-23(21,22)14-19(16)27-20(26)8-6-15-5-7-17(24)18(25)13-15/h5-8,13,16,19,24-25H,4,9-12,14H2,1-3H3/b8-6+/t16-,19-,22-,23?/m1/s1. The van der Waals surface area contributed by atoms with Gasteiger partial charge in [-0.05, 0) is 72.1 Å². The summed E-state index contributed by atoms with van der Waals surface area (Å²) >= 11 is 0. The van der Waals surface area contributed by atoms with Gasteiger partial charge in [0, 0.05) is 12.0 Å². The number of phenols is 2. The molecule has 0 aromatic heterocycles. The fourth-order valence-corrected chi connectivity index (χ4v) is 6.85. The molecular formula is C23H30O4. The van der Waals surface area contributed by atoms with Crippen molar-refractivity contribution in [2.45, 2.75) is 65.4 Å². The number of hydrogen-bond acceptors (Lipinski definition) is 4. The molecule has 1 unspecified atom stereocenters. The van der Waals surface area contributed by atoms with E-state index in [1.165, 1.54) is 43.9 Å². The number of benzene rings is 1. The van der Waals surface area contributed by atoms with Gasteiger partial charge in [-0.15, -0.1) is 0 Å². The van der Waals surface area contributed by atoms with Crippen molar-refractivity contribution in [1.29, 1.82) is 0 Å². The van der Waals surface area contributed by atoms with Gasteiger partial charge in [-0.2, -0.15) is 0 Å². The first-order valence-corrected chi connectivity index (χ1v) is 10.1. The number of carbonyl (C=O) groups is 1. The summed E-state index contributed by atoms with van der Waals surface area (Å²) in [6.07, 6.45) is 10.2. The summed E-state index contributed by atoms with van der Waals surface area (Å²) in [5.41, 5.74) is 1.53. The van der Waals surface area contributed by atoms with E-state index in [1.54, 1.807) is 12.1 Å². The third kappa shape index (κ3) is 2.60. The highest BCUT2D eigenvalue weighted by Crippen LogP contribution is 2.76. The van der Waals surface area contributed by atoms with E-state index >= 15 is 0 Å². The second-order valence-corrected chi connectivity index (χ2v) is 9.64. The lowest BCUT2D eigenvalue weighted by molar-refractivity contribution is -0.146. The first-order chi connectivity index (χ1) is 12.7. The predicted molar refractivity (Wildman–Crippen MR) is 104 cm³/mol. The second-order valence-electron chi connectivity index (χ2n) is 9.64. The van der Waals surface area contributed by atoms with Crippen LogP contribution < -0.4 is 0 Å². The summed E-state index contributed by atoms with van der Waals surface area (Å²) in [4.78, 5) is 12.4. The Labute approximate surface area is 161 Å². The molecule has 3 aliphatic carbocycles. The topological polar surface area (TPSA) is 66.8 Å². The van der Waals surface area contributed by atoms with Gasteiger partial charge >= 0.3 is 5.97 Å². The Morgan fingerprint density at radius 3 is 2.63 bits per heavy atom. The minimum Gasteiger partial charge on any atom is -0.504 e. The average molecular weight is 370 g/mol. The number of ether oxygens (including phenoxy) is 1. The van der Waals surface area contributed by atoms with Crippen LogP contribution in [-0.2, 0) is 9.53 Å². The molecule has 4 heteroatoms. The van der Waals surface area contributed by atoms with Gasteiger partial charge in [-0.25, -0.2) is 4.79 Å². The Balaban J connectivity index is 1.49. The lowest BCUT2D eigenvalue weighted by Gasteiger charge is -2.55. The molecule has 27 heavy (non-hydrogen) atoms. The van der Waals surface area contributed by atoms with Gasteiger partial charge in [0.05, 0.1) is 0 Å². The fourth-order valence-electron chi connectivity index (χ4n) is 6.85. The van der Waals surface area contributed by atoms with Gasteiger partial charge in [-0.1, -0.05) is 33.3 Å². The summed E-state index contributed by atoms with van der Waals surface area (Å²) in [6.45, 7) is 7.26. The van der Waals surface area contributed by atoms with Crippen molar-refractivity contribution >= 4 is 12.0 Å². The Hall–Kier alpha value is -1.97. The molecule has 1 aromatic rings. The zero-order chi connectivity index (χ0) is 19.4. The van der Waals surface area contributed by atoms with Crippen LogP contribution in [0.4, 0.5) is 0 Å². The quantitative estimate of drug-likeness (QED) is 0.444. The summed E-state index contributed by atoms with van der Waals surface area (Å²) in [5, 5.41) is 18.9. The number of phenolic OH excluding ortho intramolecular Hbond substituents is 2. The van der Waals surface area contributed by atoms with Crippen LogP contribution in [0.15, 0.2) is 24.3 Å². The van der Waals surface area contributed by atoms with Crippen LogP contribution in [0.2, 0.25) is 0 Å². The zero-order valence-electron chi connectivity index (χ0n) is 16.5. The van der Waals surface area contributed by atoms with Gasteiger partial charge in [0.25, 0.3) is 0 Å². The van der Waals surface area contributed by atoms with Crippen LogP contribution in [0.25, 0.3) is 6.08 Å². The number of hydrogen-bond donors (Lipinski definition) is 2. The van der Waals surface area contributed by atoms with Crippen LogP contribution >= 0.6 is 0 Å². The molecule has 0 aliphatic heterocycles. The zero-order valence-corrected chi connectivity index (χ0v) is 16.5. The molecule has 2 N–H and O–H groups in total. The Morgan fingerprint density at radius 2 is 1.93 bits per heavy atom. The van der Waals surface area contributed by atoms with E-state index in [9.17, 15) is 15.0 Å². The number of esters is 1. The lowest BCUT2D eigenvalue weighted by atomic mass is 9.49. The third-order valence-corrected chi connectivity index (χ3v) is 8.26. The molecule has 0 spiro atoms. The minimum absolute atomic E-state index is 0.00601. The van der Waals surface area contributed by atoms with Crippen molar-refractivity contribution in [3.63, 3.8) is 0 Å². The first-order valence-electron chi connectivity index (χ1n) is 10.1. The monoisotopic (exact) mass is 370 g/mol. The molecule has 0 radical (unpaired) electrons. The van der Waals surface area contributed by atoms with E-state index in [0.29, 0.717) is 22.3 Å². The van der Waals surface area contributed by atoms with Crippen LogP contribution in [0.1, 0.15) is 64.9 Å². The number of aromatic hydroxyl groups is 2. The van der Waals surface area contributed by atoms with Crippen molar-refractivity contribution in [2.24, 2.45) is 22.2 Å². The minimum atomic E-state index is -0.324. The highest BCUT2D eigenvalue weighted by atomic mass is 16.5. The van der Waals surface area contributed by atoms with Crippen molar-refractivity contribution in [3.8, 4) is 11.5 Å². The van der Waals surface area contributed by atoms with Gasteiger partial charge in [-0.3, -0.25) is 0 Å². The van der Waals surface area contributed by atoms with E-state index in [0.717, 1.165) is 12.8 Å². The van der Waals surface area contributed by atoms with E-state index in [1.807, 2.05) is 0 Å². The van der Waals surface area contributed by atoms with Crippen LogP contribution in [0, 0.1) is 22.2 Å². The molecule has 3 aliphatic rings. The number of carbonyl (C=O) groups excluding carboxylic acids is 1. The normalized spacial score (nSPS) is 36.7. The van der Waals surface area contributed by atoms with Gasteiger partial charge in [0.15, 0.2) is 11.5 Å². The van der Waals surface area contributed by atoms with Crippen molar-refractivity contribution in [3.05, 3.63) is 29.8 Å². The number of rotatable bonds is 3. The molecule has 4 nitrogen and oxygen atoms in total. The Bertz CT molecular complexity index is 796. The van der Waals surface area contributed by atoms with Crippen molar-refractivity contribution < 1.29 is 19.7 Å². The molecule has 146 valence electrons. The molecule has 0 amide bonds. The molecule has 0 heterocycles. The third-order valence-electron chi connectivity index (χ3n) is 8.26. The molecule has 4 rings (SSSR count). The SMILES string of the molecule is CC1(C)CCC[C@]2(C)[C@@H]3CCC12C[C@H]3OC(=O)/C=C/c1ccc(O)c(O)c1. The molecule has 1 aromatic carbocycles. The van der Waals surface area contributed by atoms with Gasteiger partial charge in [0.1, 0.15) is 6.10 Å². The van der Waals surface area contributed by atoms with E-state index in [4.69, 9.17) is 4.74 Å². The van der Waals surface area contributed by atoms with Crippen molar-refractivity contribution in [2.75, 3.05) is 0 Å². The summed E-state index contributed by atoms with van der Waals surface area (Å²) in [6, 6.07) is 4.48. The maximum absolute atomic E-state index is 12.4. The molecule has 2 bridgehead atoms. The maximum Gasteiger partial charge on any atom is 0.331 e. The smallest absolute Gasteiger partial charge is 0.331 e. The molecule has 3 saturated carbocycles. The Kier molecular flexibility index (Phi) is 4.10.